The molecule has 1 N–H and O–H groups in total. The number of hydrogen-bond acceptors (Lipinski definition) is 4. The number of aromatic nitrogens is 3. The number of nitrogens with zero attached hydrogens (tertiary/aromatic N) is 4. The van der Waals surface area contributed by atoms with Crippen LogP contribution >= 0.6 is 0 Å². The van der Waals surface area contributed by atoms with Gasteiger partial charge in [-0.2, -0.15) is 5.10 Å². The van der Waals surface area contributed by atoms with Gasteiger partial charge in [-0.3, -0.25) is 4.79 Å². The van der Waals surface area contributed by atoms with Crippen LogP contribution in [0.25, 0.3) is 11.0 Å². The number of carbonyl (C=O) groups is 1. The van der Waals surface area contributed by atoms with Crippen LogP contribution in [0.1, 0.15) is 48.8 Å². The van der Waals surface area contributed by atoms with Crippen molar-refractivity contribution in [2.45, 2.75) is 45.7 Å². The summed E-state index contributed by atoms with van der Waals surface area (Å²) in [6.07, 6.45) is 3.56. The average Bonchev–Trinajstić information content (AvgIpc) is 3.11. The zero-order valence-electron chi connectivity index (χ0n) is 13.3. The Balaban J connectivity index is 2.01. The molecule has 6 nitrogen and oxygen atoms in total. The first kappa shape index (κ1) is 15.0. The van der Waals surface area contributed by atoms with Crippen LogP contribution in [0.4, 0.5) is 0 Å². The van der Waals surface area contributed by atoms with Crippen LogP contribution in [0.5, 0.6) is 0 Å². The Hall–Kier alpha value is -1.95. The summed E-state index contributed by atoms with van der Waals surface area (Å²) < 4.78 is 1.86. The van der Waals surface area contributed by atoms with Gasteiger partial charge >= 0.3 is 0 Å². The van der Waals surface area contributed by atoms with Crippen molar-refractivity contribution < 1.29 is 9.90 Å². The third kappa shape index (κ3) is 2.37. The molecule has 0 radical (unpaired) electrons. The van der Waals surface area contributed by atoms with Crippen molar-refractivity contribution in [2.24, 2.45) is 0 Å². The van der Waals surface area contributed by atoms with Crippen LogP contribution in [0, 0.1) is 6.92 Å². The molecule has 22 heavy (non-hydrogen) atoms. The van der Waals surface area contributed by atoms with Crippen LogP contribution in [0.3, 0.4) is 0 Å². The fourth-order valence-corrected chi connectivity index (χ4v) is 3.11. The summed E-state index contributed by atoms with van der Waals surface area (Å²) in [5.74, 6) is -0.0410. The average molecular weight is 302 g/mol. The Bertz CT molecular complexity index is 707. The van der Waals surface area contributed by atoms with Gasteiger partial charge in [-0.25, -0.2) is 9.67 Å². The van der Waals surface area contributed by atoms with Crippen molar-refractivity contribution in [3.8, 4) is 0 Å². The van der Waals surface area contributed by atoms with Gasteiger partial charge < -0.3 is 10.0 Å². The Kier molecular flexibility index (Phi) is 3.87. The maximum Gasteiger partial charge on any atom is 0.256 e. The summed E-state index contributed by atoms with van der Waals surface area (Å²) in [5, 5.41) is 14.6. The number of rotatable bonds is 3. The van der Waals surface area contributed by atoms with Crippen molar-refractivity contribution in [3.05, 3.63) is 23.5 Å². The molecule has 0 spiro atoms. The molecule has 0 unspecified atom stereocenters. The normalized spacial score (nSPS) is 18.6. The number of hydrogen-bond donors (Lipinski definition) is 1. The minimum absolute atomic E-state index is 0.0196. The van der Waals surface area contributed by atoms with Crippen molar-refractivity contribution in [3.63, 3.8) is 0 Å². The molecule has 1 fully saturated rings. The van der Waals surface area contributed by atoms with Gasteiger partial charge in [0.15, 0.2) is 5.65 Å². The summed E-state index contributed by atoms with van der Waals surface area (Å²) in [7, 11) is 0. The monoisotopic (exact) mass is 302 g/mol. The summed E-state index contributed by atoms with van der Waals surface area (Å²) >= 11 is 0. The zero-order valence-corrected chi connectivity index (χ0v) is 13.3. The zero-order chi connectivity index (χ0) is 15.9. The molecule has 3 heterocycles. The highest BCUT2D eigenvalue weighted by Crippen LogP contribution is 2.24. The Labute approximate surface area is 129 Å². The van der Waals surface area contributed by atoms with Gasteiger partial charge in [0.1, 0.15) is 0 Å². The molecule has 0 bridgehead atoms. The third-order valence-corrected chi connectivity index (χ3v) is 4.33. The number of carbonyl (C=O) groups excluding carboxylic acids is 1. The second-order valence-corrected chi connectivity index (χ2v) is 6.19. The van der Waals surface area contributed by atoms with E-state index >= 15 is 0 Å². The third-order valence-electron chi connectivity index (χ3n) is 4.33. The highest BCUT2D eigenvalue weighted by atomic mass is 16.3. The van der Waals surface area contributed by atoms with Crippen molar-refractivity contribution in [1.82, 2.24) is 19.7 Å². The predicted octanol–water partition coefficient (Wildman–Crippen LogP) is 1.92. The van der Waals surface area contributed by atoms with E-state index in [0.717, 1.165) is 23.9 Å². The molecule has 0 aromatic carbocycles. The van der Waals surface area contributed by atoms with Crippen LogP contribution in [-0.2, 0) is 0 Å². The van der Waals surface area contributed by atoms with Crippen LogP contribution in [-0.4, -0.2) is 49.9 Å². The molecule has 1 aliphatic heterocycles. The maximum absolute atomic E-state index is 12.8. The van der Waals surface area contributed by atoms with E-state index in [1.807, 2.05) is 17.7 Å². The maximum atomic E-state index is 12.8. The molecule has 6 heteroatoms. The van der Waals surface area contributed by atoms with Gasteiger partial charge in [0.25, 0.3) is 5.91 Å². The smallest absolute Gasteiger partial charge is 0.256 e. The van der Waals surface area contributed by atoms with Gasteiger partial charge in [0.05, 0.1) is 30.1 Å². The Morgan fingerprint density at radius 3 is 2.95 bits per heavy atom. The number of aliphatic hydroxyl groups is 1. The van der Waals surface area contributed by atoms with Crippen LogP contribution < -0.4 is 0 Å². The molecule has 1 aliphatic rings. The molecule has 2 aromatic rings. The minimum atomic E-state index is -0.0685. The number of amides is 1. The van der Waals surface area contributed by atoms with Crippen molar-refractivity contribution in [1.29, 1.82) is 0 Å². The number of aliphatic hydroxyl groups excluding tert-OH is 1. The quantitative estimate of drug-likeness (QED) is 0.940. The molecule has 1 saturated heterocycles. The van der Waals surface area contributed by atoms with Gasteiger partial charge in [0, 0.05) is 18.0 Å². The largest absolute Gasteiger partial charge is 0.394 e. The highest BCUT2D eigenvalue weighted by Gasteiger charge is 2.30. The Morgan fingerprint density at radius 2 is 2.27 bits per heavy atom. The molecule has 1 amide bonds. The lowest BCUT2D eigenvalue weighted by molar-refractivity contribution is 0.0676. The first-order valence-electron chi connectivity index (χ1n) is 7.79. The molecular weight excluding hydrogens is 280 g/mol. The second kappa shape index (κ2) is 5.68. The van der Waals surface area contributed by atoms with Gasteiger partial charge in [0.2, 0.25) is 0 Å². The fraction of sp³-hybridized carbons (Fsp3) is 0.562. The van der Waals surface area contributed by atoms with Gasteiger partial charge in [-0.05, 0) is 39.7 Å². The lowest BCUT2D eigenvalue weighted by Gasteiger charge is -2.23. The van der Waals surface area contributed by atoms with E-state index in [1.54, 1.807) is 11.1 Å². The SMILES string of the molecule is Cc1nc2c(cnn2C(C)C)cc1C(=O)N1CCC[C@@H]1CO. The van der Waals surface area contributed by atoms with Gasteiger partial charge in [-0.1, -0.05) is 0 Å². The summed E-state index contributed by atoms with van der Waals surface area (Å²) in [5.41, 5.74) is 2.13. The molecular formula is C16H22N4O2. The summed E-state index contributed by atoms with van der Waals surface area (Å²) in [4.78, 5) is 19.1. The summed E-state index contributed by atoms with van der Waals surface area (Å²) in [6, 6.07) is 2.03. The first-order valence-corrected chi connectivity index (χ1v) is 7.79. The number of aryl methyl sites for hydroxylation is 1. The van der Waals surface area contributed by atoms with E-state index < -0.39 is 0 Å². The van der Waals surface area contributed by atoms with E-state index in [-0.39, 0.29) is 24.6 Å². The number of pyridine rings is 1. The molecule has 2 aromatic heterocycles. The standard InChI is InChI=1S/C16H22N4O2/c1-10(2)20-15-12(8-17-20)7-14(11(3)18-15)16(22)19-6-4-5-13(19)9-21/h7-8,10,13,21H,4-6,9H2,1-3H3/t13-/m1/s1. The van der Waals surface area contributed by atoms with Crippen LogP contribution in [0.2, 0.25) is 0 Å². The molecule has 1 atom stereocenters. The van der Waals surface area contributed by atoms with E-state index in [1.165, 1.54) is 0 Å². The second-order valence-electron chi connectivity index (χ2n) is 6.19. The van der Waals surface area contributed by atoms with E-state index in [9.17, 15) is 9.90 Å². The molecule has 118 valence electrons. The lowest BCUT2D eigenvalue weighted by Crippen LogP contribution is -2.38. The topological polar surface area (TPSA) is 71.2 Å². The lowest BCUT2D eigenvalue weighted by atomic mass is 10.1. The van der Waals surface area contributed by atoms with Gasteiger partial charge in [-0.15, -0.1) is 0 Å². The fourth-order valence-electron chi connectivity index (χ4n) is 3.11. The molecule has 3 rings (SSSR count). The van der Waals surface area contributed by atoms with Crippen molar-refractivity contribution in [2.75, 3.05) is 13.2 Å². The molecule has 0 saturated carbocycles. The highest BCUT2D eigenvalue weighted by molar-refractivity contribution is 5.98. The number of fused-ring (bicyclic) bond motifs is 1. The van der Waals surface area contributed by atoms with E-state index in [2.05, 4.69) is 23.9 Å². The molecule has 0 aliphatic carbocycles. The summed E-state index contributed by atoms with van der Waals surface area (Å²) in [6.45, 7) is 6.68. The number of likely N-dealkylation sites (tertiary alicyclic amines) is 1. The predicted molar refractivity (Wildman–Crippen MR) is 83.8 cm³/mol. The van der Waals surface area contributed by atoms with E-state index in [0.29, 0.717) is 17.8 Å². The van der Waals surface area contributed by atoms with E-state index in [4.69, 9.17) is 0 Å². The Morgan fingerprint density at radius 1 is 1.50 bits per heavy atom. The van der Waals surface area contributed by atoms with Crippen molar-refractivity contribution >= 4 is 16.9 Å². The minimum Gasteiger partial charge on any atom is -0.394 e. The first-order chi connectivity index (χ1) is 10.5. The van der Waals surface area contributed by atoms with Crippen LogP contribution in [0.15, 0.2) is 12.3 Å².